The van der Waals surface area contributed by atoms with Crippen molar-refractivity contribution in [3.8, 4) is 0 Å². The van der Waals surface area contributed by atoms with E-state index >= 15 is 0 Å². The van der Waals surface area contributed by atoms with Crippen molar-refractivity contribution in [3.63, 3.8) is 0 Å². The third-order valence-corrected chi connectivity index (χ3v) is 5.47. The van der Waals surface area contributed by atoms with Crippen LogP contribution in [-0.4, -0.2) is 43.5 Å². The molecule has 136 valence electrons. The van der Waals surface area contributed by atoms with Gasteiger partial charge in [0, 0.05) is 37.1 Å². The van der Waals surface area contributed by atoms with Crippen molar-refractivity contribution < 1.29 is 4.79 Å². The minimum atomic E-state index is -0.159. The molecule has 1 fully saturated rings. The fraction of sp³-hybridized carbons (Fsp3) is 0.632. The molecule has 1 aliphatic rings. The number of hydrogen-bond donors (Lipinski definition) is 0. The molecule has 3 heterocycles. The maximum absolute atomic E-state index is 13.1. The van der Waals surface area contributed by atoms with E-state index in [1.54, 1.807) is 0 Å². The van der Waals surface area contributed by atoms with E-state index in [1.807, 2.05) is 44.3 Å². The molecule has 2 aromatic heterocycles. The van der Waals surface area contributed by atoms with Crippen LogP contribution < -0.4 is 0 Å². The molecule has 0 aliphatic carbocycles. The molecule has 2 aromatic rings. The Balaban J connectivity index is 1.79. The van der Waals surface area contributed by atoms with Gasteiger partial charge in [-0.15, -0.1) is 0 Å². The van der Waals surface area contributed by atoms with Gasteiger partial charge in [-0.05, 0) is 53.5 Å². The third kappa shape index (κ3) is 3.22. The van der Waals surface area contributed by atoms with Crippen LogP contribution in [0, 0.1) is 27.7 Å². The summed E-state index contributed by atoms with van der Waals surface area (Å²) >= 11 is 0. The van der Waals surface area contributed by atoms with E-state index in [0.29, 0.717) is 0 Å². The van der Waals surface area contributed by atoms with Crippen molar-refractivity contribution in [3.05, 3.63) is 34.4 Å². The number of nitrogens with zero attached hydrogens (tertiary/aromatic N) is 5. The van der Waals surface area contributed by atoms with Crippen LogP contribution in [-0.2, 0) is 11.8 Å². The number of likely N-dealkylation sites (tertiary alicyclic amines) is 1. The van der Waals surface area contributed by atoms with E-state index in [-0.39, 0.29) is 17.9 Å². The molecule has 0 saturated carbocycles. The van der Waals surface area contributed by atoms with Crippen LogP contribution in [0.15, 0.2) is 6.07 Å². The molecule has 0 aromatic carbocycles. The predicted octanol–water partition coefficient (Wildman–Crippen LogP) is 2.82. The Morgan fingerprint density at radius 1 is 1.24 bits per heavy atom. The minimum absolute atomic E-state index is 0.159. The van der Waals surface area contributed by atoms with Gasteiger partial charge in [0.2, 0.25) is 5.91 Å². The lowest BCUT2D eigenvalue weighted by atomic mass is 9.96. The van der Waals surface area contributed by atoms with Gasteiger partial charge in [-0.1, -0.05) is 0 Å². The first-order chi connectivity index (χ1) is 11.8. The van der Waals surface area contributed by atoms with Gasteiger partial charge in [0.05, 0.1) is 23.3 Å². The summed E-state index contributed by atoms with van der Waals surface area (Å²) in [6.45, 7) is 11.7. The molecule has 1 saturated heterocycles. The molecule has 6 nitrogen and oxygen atoms in total. The Labute approximate surface area is 149 Å². The Kier molecular flexibility index (Phi) is 4.71. The molecule has 0 spiro atoms. The lowest BCUT2D eigenvalue weighted by molar-refractivity contribution is -0.134. The Hall–Kier alpha value is -2.11. The molecule has 1 amide bonds. The van der Waals surface area contributed by atoms with Crippen molar-refractivity contribution >= 4 is 5.91 Å². The van der Waals surface area contributed by atoms with Gasteiger partial charge in [0.1, 0.15) is 0 Å². The molecular weight excluding hydrogens is 314 g/mol. The Morgan fingerprint density at radius 2 is 1.96 bits per heavy atom. The summed E-state index contributed by atoms with van der Waals surface area (Å²) in [6.07, 6.45) is 2.09. The quantitative estimate of drug-likeness (QED) is 0.861. The van der Waals surface area contributed by atoms with Crippen LogP contribution in [0.3, 0.4) is 0 Å². The van der Waals surface area contributed by atoms with Crippen LogP contribution >= 0.6 is 0 Å². The summed E-state index contributed by atoms with van der Waals surface area (Å²) in [7, 11) is 1.93. The van der Waals surface area contributed by atoms with E-state index in [9.17, 15) is 4.79 Å². The van der Waals surface area contributed by atoms with Gasteiger partial charge < -0.3 is 4.90 Å². The second-order valence-corrected chi connectivity index (χ2v) is 7.38. The van der Waals surface area contributed by atoms with Crippen molar-refractivity contribution in [2.75, 3.05) is 13.1 Å². The van der Waals surface area contributed by atoms with Crippen molar-refractivity contribution in [2.45, 2.75) is 59.4 Å². The zero-order valence-electron chi connectivity index (χ0n) is 16.2. The van der Waals surface area contributed by atoms with Gasteiger partial charge in [-0.3, -0.25) is 14.2 Å². The molecule has 6 heteroatoms. The highest BCUT2D eigenvalue weighted by molar-refractivity contribution is 5.84. The SMILES string of the molecule is Cc1cc(C)n(C2CCCN(C(=O)C(C)c3c(C)nn(C)c3C)C2)n1. The molecule has 2 unspecified atom stereocenters. The molecular formula is C19H29N5O. The molecule has 0 bridgehead atoms. The standard InChI is InChI=1S/C19H29N5O/c1-12-10-13(2)24(20-12)17-8-7-9-23(11-17)19(25)14(3)18-15(4)21-22(6)16(18)5/h10,14,17H,7-9,11H2,1-6H3. The van der Waals surface area contributed by atoms with E-state index in [1.165, 1.54) is 5.69 Å². The topological polar surface area (TPSA) is 56.0 Å². The molecule has 0 radical (unpaired) electrons. The number of rotatable bonds is 3. The number of carbonyl (C=O) groups is 1. The highest BCUT2D eigenvalue weighted by Crippen LogP contribution is 2.28. The Bertz CT molecular complexity index is 788. The first-order valence-corrected chi connectivity index (χ1v) is 9.11. The lowest BCUT2D eigenvalue weighted by Gasteiger charge is -2.35. The number of hydrogen-bond acceptors (Lipinski definition) is 3. The van der Waals surface area contributed by atoms with Crippen LogP contribution in [0.1, 0.15) is 60.1 Å². The van der Waals surface area contributed by atoms with Gasteiger partial charge in [0.15, 0.2) is 0 Å². The number of aryl methyl sites for hydroxylation is 4. The highest BCUT2D eigenvalue weighted by atomic mass is 16.2. The van der Waals surface area contributed by atoms with E-state index < -0.39 is 0 Å². The molecule has 3 rings (SSSR count). The lowest BCUT2D eigenvalue weighted by Crippen LogP contribution is -2.43. The predicted molar refractivity (Wildman–Crippen MR) is 97.6 cm³/mol. The second-order valence-electron chi connectivity index (χ2n) is 7.38. The van der Waals surface area contributed by atoms with Crippen LogP contribution in [0.5, 0.6) is 0 Å². The van der Waals surface area contributed by atoms with E-state index in [0.717, 1.165) is 48.6 Å². The van der Waals surface area contributed by atoms with E-state index in [4.69, 9.17) is 0 Å². The normalized spacial score (nSPS) is 19.3. The van der Waals surface area contributed by atoms with Crippen molar-refractivity contribution in [2.24, 2.45) is 7.05 Å². The van der Waals surface area contributed by atoms with Gasteiger partial charge in [-0.25, -0.2) is 0 Å². The second kappa shape index (κ2) is 6.65. The number of aromatic nitrogens is 4. The van der Waals surface area contributed by atoms with Gasteiger partial charge >= 0.3 is 0 Å². The first kappa shape index (κ1) is 17.7. The summed E-state index contributed by atoms with van der Waals surface area (Å²) in [4.78, 5) is 15.2. The van der Waals surface area contributed by atoms with Gasteiger partial charge in [0.25, 0.3) is 0 Å². The van der Waals surface area contributed by atoms with Crippen molar-refractivity contribution in [1.29, 1.82) is 0 Å². The highest BCUT2D eigenvalue weighted by Gasteiger charge is 2.31. The van der Waals surface area contributed by atoms with Gasteiger partial charge in [-0.2, -0.15) is 10.2 Å². The summed E-state index contributed by atoms with van der Waals surface area (Å²) in [5.74, 6) is 0.0401. The summed E-state index contributed by atoms with van der Waals surface area (Å²) in [6, 6.07) is 2.38. The zero-order chi connectivity index (χ0) is 18.3. The fourth-order valence-corrected chi connectivity index (χ4v) is 4.18. The molecule has 2 atom stereocenters. The number of amides is 1. The minimum Gasteiger partial charge on any atom is -0.340 e. The number of carbonyl (C=O) groups excluding carboxylic acids is 1. The van der Waals surface area contributed by atoms with Crippen molar-refractivity contribution in [1.82, 2.24) is 24.5 Å². The van der Waals surface area contributed by atoms with Crippen LogP contribution in [0.2, 0.25) is 0 Å². The smallest absolute Gasteiger partial charge is 0.230 e. The first-order valence-electron chi connectivity index (χ1n) is 9.11. The zero-order valence-corrected chi connectivity index (χ0v) is 16.2. The molecule has 0 N–H and O–H groups in total. The summed E-state index contributed by atoms with van der Waals surface area (Å²) < 4.78 is 3.96. The average molecular weight is 343 g/mol. The molecule has 1 aliphatic heterocycles. The van der Waals surface area contributed by atoms with Crippen LogP contribution in [0.4, 0.5) is 0 Å². The fourth-order valence-electron chi connectivity index (χ4n) is 4.18. The summed E-state index contributed by atoms with van der Waals surface area (Å²) in [5, 5.41) is 9.10. The van der Waals surface area contributed by atoms with E-state index in [2.05, 4.69) is 27.9 Å². The monoisotopic (exact) mass is 343 g/mol. The maximum Gasteiger partial charge on any atom is 0.230 e. The third-order valence-electron chi connectivity index (χ3n) is 5.47. The maximum atomic E-state index is 13.1. The van der Waals surface area contributed by atoms with Crippen LogP contribution in [0.25, 0.3) is 0 Å². The average Bonchev–Trinajstić information content (AvgIpc) is 3.04. The number of piperidine rings is 1. The molecule has 25 heavy (non-hydrogen) atoms. The summed E-state index contributed by atoms with van der Waals surface area (Å²) in [5.41, 5.74) is 5.30. The largest absolute Gasteiger partial charge is 0.340 e. The Morgan fingerprint density at radius 3 is 2.52 bits per heavy atom.